The number of ether oxygens (including phenoxy) is 1. The van der Waals surface area contributed by atoms with Crippen LogP contribution in [0.4, 0.5) is 10.5 Å². The molecule has 2 N–H and O–H groups in total. The van der Waals surface area contributed by atoms with E-state index in [-0.39, 0.29) is 17.9 Å². The molecule has 2 aromatic rings. The summed E-state index contributed by atoms with van der Waals surface area (Å²) >= 11 is 0. The van der Waals surface area contributed by atoms with E-state index < -0.39 is 0 Å². The van der Waals surface area contributed by atoms with Gasteiger partial charge in [-0.15, -0.1) is 0 Å². The van der Waals surface area contributed by atoms with E-state index in [0.29, 0.717) is 19.7 Å². The number of aryl methyl sites for hydroxylation is 1. The Bertz CT molecular complexity index is 891. The molecule has 3 rings (SSSR count). The molecular weight excluding hydrogens is 390 g/mol. The minimum absolute atomic E-state index is 0.00249. The first-order valence-corrected chi connectivity index (χ1v) is 10.8. The van der Waals surface area contributed by atoms with E-state index in [0.717, 1.165) is 42.0 Å². The standard InChI is InChI=1S/C25H31N3O3/c1-3-31-23-13-8-20(9-14-23)10-15-24(29)28-16-4-5-21(18-28)17-26-25(30)27-22-11-6-19(2)7-12-22/h6-15,21H,3-5,16-18H2,1-2H3,(H2,26,27,30)/b15-10-/t21-/m0/s1. The van der Waals surface area contributed by atoms with E-state index in [4.69, 9.17) is 4.74 Å². The van der Waals surface area contributed by atoms with Crippen LogP contribution in [0, 0.1) is 12.8 Å². The highest BCUT2D eigenvalue weighted by Gasteiger charge is 2.22. The van der Waals surface area contributed by atoms with Gasteiger partial charge in [-0.3, -0.25) is 4.79 Å². The Morgan fingerprint density at radius 3 is 2.58 bits per heavy atom. The van der Waals surface area contributed by atoms with Gasteiger partial charge >= 0.3 is 6.03 Å². The summed E-state index contributed by atoms with van der Waals surface area (Å²) in [7, 11) is 0. The molecule has 0 saturated carbocycles. The van der Waals surface area contributed by atoms with Gasteiger partial charge < -0.3 is 20.3 Å². The van der Waals surface area contributed by atoms with Crippen molar-refractivity contribution in [1.29, 1.82) is 0 Å². The summed E-state index contributed by atoms with van der Waals surface area (Å²) in [6.45, 7) is 6.53. The number of nitrogens with zero attached hydrogens (tertiary/aromatic N) is 1. The molecule has 1 aliphatic rings. The number of carbonyl (C=O) groups is 2. The molecule has 1 fully saturated rings. The summed E-state index contributed by atoms with van der Waals surface area (Å²) in [5, 5.41) is 5.77. The summed E-state index contributed by atoms with van der Waals surface area (Å²) in [4.78, 5) is 26.6. The Labute approximate surface area is 184 Å². The Kier molecular flexibility index (Phi) is 8.10. The quantitative estimate of drug-likeness (QED) is 0.648. The first kappa shape index (κ1) is 22.4. The largest absolute Gasteiger partial charge is 0.494 e. The number of hydrogen-bond donors (Lipinski definition) is 2. The van der Waals surface area contributed by atoms with Gasteiger partial charge in [0.25, 0.3) is 0 Å². The predicted octanol–water partition coefficient (Wildman–Crippen LogP) is 4.47. The number of urea groups is 1. The highest BCUT2D eigenvalue weighted by Crippen LogP contribution is 2.17. The number of rotatable bonds is 7. The smallest absolute Gasteiger partial charge is 0.319 e. The maximum atomic E-state index is 12.6. The van der Waals surface area contributed by atoms with Crippen molar-refractivity contribution < 1.29 is 14.3 Å². The van der Waals surface area contributed by atoms with Crippen molar-refractivity contribution in [1.82, 2.24) is 10.2 Å². The van der Waals surface area contributed by atoms with E-state index in [1.807, 2.05) is 73.4 Å². The van der Waals surface area contributed by atoms with Crippen LogP contribution in [0.1, 0.15) is 30.9 Å². The predicted molar refractivity (Wildman–Crippen MR) is 124 cm³/mol. The van der Waals surface area contributed by atoms with Gasteiger partial charge in [-0.1, -0.05) is 29.8 Å². The molecule has 0 unspecified atom stereocenters. The van der Waals surface area contributed by atoms with Gasteiger partial charge in [0.15, 0.2) is 0 Å². The summed E-state index contributed by atoms with van der Waals surface area (Å²) in [6.07, 6.45) is 5.39. The topological polar surface area (TPSA) is 70.7 Å². The van der Waals surface area contributed by atoms with Gasteiger partial charge in [0.05, 0.1) is 6.61 Å². The van der Waals surface area contributed by atoms with E-state index >= 15 is 0 Å². The van der Waals surface area contributed by atoms with Crippen molar-refractivity contribution in [3.8, 4) is 5.75 Å². The van der Waals surface area contributed by atoms with Crippen LogP contribution in [0.15, 0.2) is 54.6 Å². The number of hydrogen-bond acceptors (Lipinski definition) is 3. The zero-order valence-corrected chi connectivity index (χ0v) is 18.3. The molecule has 1 saturated heterocycles. The number of nitrogens with one attached hydrogen (secondary N) is 2. The van der Waals surface area contributed by atoms with Crippen molar-refractivity contribution in [2.24, 2.45) is 5.92 Å². The van der Waals surface area contributed by atoms with Crippen molar-refractivity contribution >= 4 is 23.7 Å². The molecule has 6 nitrogen and oxygen atoms in total. The maximum Gasteiger partial charge on any atom is 0.319 e. The SMILES string of the molecule is CCOc1ccc(/C=C\C(=O)N2CCC[C@@H](CNC(=O)Nc3ccc(C)cc3)C2)cc1. The lowest BCUT2D eigenvalue weighted by Gasteiger charge is -2.32. The maximum absolute atomic E-state index is 12.6. The first-order valence-electron chi connectivity index (χ1n) is 10.8. The van der Waals surface area contributed by atoms with Gasteiger partial charge in [0, 0.05) is 31.4 Å². The number of carbonyl (C=O) groups excluding carboxylic acids is 2. The van der Waals surface area contributed by atoms with Gasteiger partial charge in [-0.25, -0.2) is 4.79 Å². The summed E-state index contributed by atoms with van der Waals surface area (Å²) < 4.78 is 5.44. The molecule has 0 spiro atoms. The molecule has 0 aliphatic carbocycles. The second-order valence-electron chi connectivity index (χ2n) is 7.83. The lowest BCUT2D eigenvalue weighted by molar-refractivity contribution is -0.127. The highest BCUT2D eigenvalue weighted by atomic mass is 16.5. The molecule has 1 atom stereocenters. The Morgan fingerprint density at radius 1 is 1.13 bits per heavy atom. The fourth-order valence-corrected chi connectivity index (χ4v) is 3.60. The average Bonchev–Trinajstić information content (AvgIpc) is 2.79. The van der Waals surface area contributed by atoms with E-state index in [2.05, 4.69) is 10.6 Å². The van der Waals surface area contributed by atoms with E-state index in [1.165, 1.54) is 0 Å². The molecule has 6 heteroatoms. The Hall–Kier alpha value is -3.28. The number of amides is 3. The molecule has 0 radical (unpaired) electrons. The van der Waals surface area contributed by atoms with Crippen LogP contribution in [0.2, 0.25) is 0 Å². The normalized spacial score (nSPS) is 16.2. The van der Waals surface area contributed by atoms with Crippen molar-refractivity contribution in [2.75, 3.05) is 31.6 Å². The average molecular weight is 422 g/mol. The fourth-order valence-electron chi connectivity index (χ4n) is 3.60. The van der Waals surface area contributed by atoms with Crippen LogP contribution in [-0.2, 0) is 4.79 Å². The molecule has 31 heavy (non-hydrogen) atoms. The third-order valence-corrected chi connectivity index (χ3v) is 5.30. The van der Waals surface area contributed by atoms with Crippen LogP contribution in [0.3, 0.4) is 0 Å². The highest BCUT2D eigenvalue weighted by molar-refractivity contribution is 5.92. The van der Waals surface area contributed by atoms with Gasteiger partial charge in [-0.2, -0.15) is 0 Å². The Balaban J connectivity index is 1.45. The lowest BCUT2D eigenvalue weighted by atomic mass is 9.98. The van der Waals surface area contributed by atoms with Crippen LogP contribution in [0.25, 0.3) is 6.08 Å². The summed E-state index contributed by atoms with van der Waals surface area (Å²) in [5.74, 6) is 1.08. The third-order valence-electron chi connectivity index (χ3n) is 5.30. The second kappa shape index (κ2) is 11.2. The zero-order chi connectivity index (χ0) is 22.1. The molecule has 0 aromatic heterocycles. The van der Waals surface area contributed by atoms with Crippen LogP contribution < -0.4 is 15.4 Å². The van der Waals surface area contributed by atoms with E-state index in [1.54, 1.807) is 6.08 Å². The van der Waals surface area contributed by atoms with Crippen LogP contribution >= 0.6 is 0 Å². The number of benzene rings is 2. The number of anilines is 1. The summed E-state index contributed by atoms with van der Waals surface area (Å²) in [6, 6.07) is 15.1. The number of likely N-dealkylation sites (tertiary alicyclic amines) is 1. The van der Waals surface area contributed by atoms with Crippen LogP contribution in [0.5, 0.6) is 5.75 Å². The van der Waals surface area contributed by atoms with E-state index in [9.17, 15) is 9.59 Å². The molecule has 0 bridgehead atoms. The minimum Gasteiger partial charge on any atom is -0.494 e. The second-order valence-corrected chi connectivity index (χ2v) is 7.83. The van der Waals surface area contributed by atoms with Crippen molar-refractivity contribution in [2.45, 2.75) is 26.7 Å². The first-order chi connectivity index (χ1) is 15.0. The lowest BCUT2D eigenvalue weighted by Crippen LogP contribution is -2.43. The monoisotopic (exact) mass is 421 g/mol. The molecule has 3 amide bonds. The van der Waals surface area contributed by atoms with Gasteiger partial charge in [0.2, 0.25) is 5.91 Å². The fraction of sp³-hybridized carbons (Fsp3) is 0.360. The molecular formula is C25H31N3O3. The minimum atomic E-state index is -0.220. The van der Waals surface area contributed by atoms with Gasteiger partial charge in [-0.05, 0) is 68.5 Å². The van der Waals surface area contributed by atoms with Crippen molar-refractivity contribution in [3.05, 3.63) is 65.7 Å². The molecule has 2 aromatic carbocycles. The molecule has 1 heterocycles. The molecule has 1 aliphatic heterocycles. The zero-order valence-electron chi connectivity index (χ0n) is 18.3. The van der Waals surface area contributed by atoms with Crippen molar-refractivity contribution in [3.63, 3.8) is 0 Å². The third kappa shape index (κ3) is 7.17. The summed E-state index contributed by atoms with van der Waals surface area (Å²) in [5.41, 5.74) is 2.87. The molecule has 164 valence electrons. The Morgan fingerprint density at radius 2 is 1.87 bits per heavy atom. The van der Waals surface area contributed by atoms with Crippen LogP contribution in [-0.4, -0.2) is 43.1 Å². The van der Waals surface area contributed by atoms with Gasteiger partial charge in [0.1, 0.15) is 5.75 Å². The number of piperidine rings is 1.